The van der Waals surface area contributed by atoms with Gasteiger partial charge < -0.3 is 55.5 Å². The number of phenolic OH excluding ortho intramolecular Hbond substituents is 2. The molecule has 7 aromatic rings. The van der Waals surface area contributed by atoms with Crippen LogP contribution < -0.4 is 15.3 Å². The van der Waals surface area contributed by atoms with E-state index in [1.165, 1.54) is 6.07 Å². The third kappa shape index (κ3) is 6.01. The average Bonchev–Trinajstić information content (AvgIpc) is 4.01. The monoisotopic (exact) mass is 782 g/mol. The number of amides is 1. The second-order valence-electron chi connectivity index (χ2n) is 13.5. The molecule has 0 spiro atoms. The van der Waals surface area contributed by atoms with Gasteiger partial charge in [-0.15, -0.1) is 0 Å². The Kier molecular flexibility index (Phi) is 8.55. The van der Waals surface area contributed by atoms with Crippen molar-refractivity contribution in [1.82, 2.24) is 55.2 Å². The van der Waals surface area contributed by atoms with Gasteiger partial charge in [-0.3, -0.25) is 4.79 Å². The molecule has 8 bridgehead atoms. The summed E-state index contributed by atoms with van der Waals surface area (Å²) in [6, 6.07) is 15.0. The van der Waals surface area contributed by atoms with Gasteiger partial charge in [-0.2, -0.15) is 0 Å². The van der Waals surface area contributed by atoms with Crippen LogP contribution in [0.3, 0.4) is 0 Å². The van der Waals surface area contributed by atoms with E-state index in [9.17, 15) is 20.1 Å². The van der Waals surface area contributed by atoms with E-state index in [4.69, 9.17) is 39.9 Å². The van der Waals surface area contributed by atoms with Crippen molar-refractivity contribution in [2.24, 2.45) is 0 Å². The summed E-state index contributed by atoms with van der Waals surface area (Å²) in [5, 5.41) is 35.7. The first-order valence-electron chi connectivity index (χ1n) is 17.7. The molecule has 0 unspecified atom stereocenters. The third-order valence-electron chi connectivity index (χ3n) is 9.94. The Morgan fingerprint density at radius 2 is 1.45 bits per heavy atom. The zero-order valence-corrected chi connectivity index (χ0v) is 30.5. The van der Waals surface area contributed by atoms with Crippen LogP contribution in [-0.4, -0.2) is 67.6 Å². The third-order valence-corrected chi connectivity index (χ3v) is 9.94. The summed E-state index contributed by atoms with van der Waals surface area (Å²) in [5.74, 6) is 0.987. The smallest absolute Gasteiger partial charge is 0.512 e. The Balaban J connectivity index is 0.00000410. The first kappa shape index (κ1) is 34.8. The second kappa shape index (κ2) is 13.7. The molecule has 0 saturated carbocycles. The van der Waals surface area contributed by atoms with Crippen LogP contribution in [-0.2, 0) is 36.3 Å². The van der Waals surface area contributed by atoms with E-state index < -0.39 is 0 Å². The molecule has 1 aliphatic carbocycles. The molecule has 1 radical (unpaired) electrons. The SMILES string of the molecule is O=C(NCCCCc1c[nH]cn1)c1cccc2c1-c1nc-2nc2[n-]c(nc3nc(nc4[n-]c(n1)c1ccc(O)cc41)-c1cc(O)ccc1-3)c1c2CC=C(O)C1.[Mn+2]. The van der Waals surface area contributed by atoms with E-state index in [-0.39, 0.29) is 69.6 Å². The van der Waals surface area contributed by atoms with Crippen molar-refractivity contribution < 1.29 is 37.2 Å². The fraction of sp³-hybridized carbons (Fsp3) is 0.150. The largest absolute Gasteiger partial charge is 2.00 e. The van der Waals surface area contributed by atoms with Gasteiger partial charge in [0.1, 0.15) is 11.5 Å². The quantitative estimate of drug-likeness (QED) is 0.105. The van der Waals surface area contributed by atoms with Gasteiger partial charge in [0.25, 0.3) is 5.91 Å². The number of hydrogen-bond acceptors (Lipinski definition) is 11. The normalized spacial score (nSPS) is 12.7. The summed E-state index contributed by atoms with van der Waals surface area (Å²) in [5.41, 5.74) is 6.23. The number of H-pyrrole nitrogens is 1. The number of benzene rings is 3. The number of phenols is 2. The number of aliphatic hydroxyl groups excluding tert-OH is 1. The van der Waals surface area contributed by atoms with Gasteiger partial charge in [0.05, 0.1) is 41.1 Å². The number of aromatic amines is 1. The first-order chi connectivity index (χ1) is 26.9. The van der Waals surface area contributed by atoms with Crippen molar-refractivity contribution in [1.29, 1.82) is 0 Å². The van der Waals surface area contributed by atoms with Gasteiger partial charge in [0, 0.05) is 69.6 Å². The van der Waals surface area contributed by atoms with Gasteiger partial charge in [-0.25, -0.2) is 15.0 Å². The number of rotatable bonds is 6. The van der Waals surface area contributed by atoms with E-state index >= 15 is 0 Å². The van der Waals surface area contributed by atoms with Gasteiger partial charge in [-0.05, 0) is 96.1 Å². The fourth-order valence-electron chi connectivity index (χ4n) is 7.28. The molecule has 0 saturated heterocycles. The molecule has 4 aromatic heterocycles. The van der Waals surface area contributed by atoms with Gasteiger partial charge in [0.2, 0.25) is 0 Å². The summed E-state index contributed by atoms with van der Waals surface area (Å²) >= 11 is 0. The minimum absolute atomic E-state index is 0. The Bertz CT molecular complexity index is 2940. The van der Waals surface area contributed by atoms with Crippen LogP contribution in [0.25, 0.3) is 78.9 Å². The number of aliphatic hydroxyl groups is 1. The molecule has 0 atom stereocenters. The zero-order chi connectivity index (χ0) is 37.2. The average molecular weight is 783 g/mol. The number of imidazole rings is 1. The Morgan fingerprint density at radius 3 is 2.30 bits per heavy atom. The van der Waals surface area contributed by atoms with Crippen LogP contribution in [0.4, 0.5) is 0 Å². The summed E-state index contributed by atoms with van der Waals surface area (Å²) < 4.78 is 0. The molecule has 2 aliphatic heterocycles. The van der Waals surface area contributed by atoms with Crippen molar-refractivity contribution in [3.05, 3.63) is 101 Å². The summed E-state index contributed by atoms with van der Waals surface area (Å²) in [7, 11) is 0. The number of fused-ring (bicyclic) bond motifs is 20. The number of carbonyl (C=O) groups is 1. The Morgan fingerprint density at radius 1 is 0.732 bits per heavy atom. The van der Waals surface area contributed by atoms with Crippen LogP contribution >= 0.6 is 0 Å². The number of allylic oxidation sites excluding steroid dienone is 2. The topological polar surface area (TPSA) is 224 Å². The molecule has 15 nitrogen and oxygen atoms in total. The van der Waals surface area contributed by atoms with Crippen LogP contribution in [0, 0.1) is 0 Å². The standard InChI is InChI=1S/C40H30N11O4.Mn/c52-20-7-10-23-28(14-20)36-45-32(23)44-35-26-5-3-6-27(40(55)42-13-2-1-4-19-17-41-18-43-19)31(26)39(51-35)50-34-25-12-9-22(54)16-30(25)38(48-34)49-37-29-15-21(53)8-11-24(29)33(46-36)47-37;/h3,5-9,11-12,15-18H,1-2,4,10,13-14H2,(H6-,41,42,43,44,45,46,47,48,49,50,51,52,53,54,55);/q-1;+2/p-1. The summed E-state index contributed by atoms with van der Waals surface area (Å²) in [6.45, 7) is 0.459. The second-order valence-corrected chi connectivity index (χ2v) is 13.5. The minimum atomic E-state index is -0.286. The van der Waals surface area contributed by atoms with E-state index in [1.54, 1.807) is 54.9 Å². The Hall–Kier alpha value is -6.90. The van der Waals surface area contributed by atoms with E-state index in [1.807, 2.05) is 12.3 Å². The number of hydrogen-bond donors (Lipinski definition) is 5. The molecular formula is C40H29MnN11O4. The number of aryl methyl sites for hydroxylation is 1. The van der Waals surface area contributed by atoms with Crippen molar-refractivity contribution >= 4 is 39.3 Å². The molecule has 10 rings (SSSR count). The molecule has 1 amide bonds. The van der Waals surface area contributed by atoms with Gasteiger partial charge in [-0.1, -0.05) is 12.1 Å². The molecule has 6 heterocycles. The number of carbonyl (C=O) groups excluding carboxylic acids is 1. The predicted molar refractivity (Wildman–Crippen MR) is 202 cm³/mol. The predicted octanol–water partition coefficient (Wildman–Crippen LogP) is 5.40. The fourth-order valence-corrected chi connectivity index (χ4v) is 7.28. The van der Waals surface area contributed by atoms with Crippen molar-refractivity contribution in [3.63, 3.8) is 0 Å². The van der Waals surface area contributed by atoms with Crippen molar-refractivity contribution in [2.75, 3.05) is 6.54 Å². The molecule has 3 aliphatic rings. The Labute approximate surface area is 327 Å². The molecule has 16 heteroatoms. The number of aromatic nitrogens is 10. The molecule has 275 valence electrons. The van der Waals surface area contributed by atoms with Crippen molar-refractivity contribution in [3.8, 4) is 57.1 Å². The van der Waals surface area contributed by atoms with Crippen LogP contribution in [0.2, 0.25) is 0 Å². The molecule has 3 aromatic carbocycles. The van der Waals surface area contributed by atoms with Gasteiger partial charge in [0.15, 0.2) is 0 Å². The minimum Gasteiger partial charge on any atom is -0.512 e. The van der Waals surface area contributed by atoms with E-state index in [0.717, 1.165) is 30.5 Å². The number of nitrogens with one attached hydrogen (secondary N) is 2. The van der Waals surface area contributed by atoms with Gasteiger partial charge >= 0.3 is 17.1 Å². The number of unbranched alkanes of at least 4 members (excludes halogenated alkanes) is 1. The molecular weight excluding hydrogens is 753 g/mol. The first-order valence-corrected chi connectivity index (χ1v) is 17.7. The zero-order valence-electron chi connectivity index (χ0n) is 29.3. The number of nitrogens with zero attached hydrogens (tertiary/aromatic N) is 9. The van der Waals surface area contributed by atoms with Crippen LogP contribution in [0.15, 0.2) is 79.0 Å². The number of aromatic hydroxyl groups is 2. The van der Waals surface area contributed by atoms with Crippen molar-refractivity contribution in [2.45, 2.75) is 32.1 Å². The van der Waals surface area contributed by atoms with E-state index in [2.05, 4.69) is 15.3 Å². The van der Waals surface area contributed by atoms with Crippen LogP contribution in [0.1, 0.15) is 40.0 Å². The maximum absolute atomic E-state index is 13.9. The maximum Gasteiger partial charge on any atom is 2.00 e. The maximum atomic E-state index is 13.9. The molecule has 0 fully saturated rings. The van der Waals surface area contributed by atoms with Crippen LogP contribution in [0.5, 0.6) is 11.5 Å². The molecule has 5 N–H and O–H groups in total. The summed E-state index contributed by atoms with van der Waals surface area (Å²) in [4.78, 5) is 60.1. The van der Waals surface area contributed by atoms with E-state index in [0.29, 0.717) is 80.1 Å². The molecule has 56 heavy (non-hydrogen) atoms. The summed E-state index contributed by atoms with van der Waals surface area (Å²) in [6.07, 6.45) is 8.22.